The van der Waals surface area contributed by atoms with Crippen LogP contribution in [0.2, 0.25) is 0 Å². The van der Waals surface area contributed by atoms with Gasteiger partial charge in [0.2, 0.25) is 0 Å². The van der Waals surface area contributed by atoms with Crippen molar-refractivity contribution in [3.8, 4) is 0 Å². The van der Waals surface area contributed by atoms with E-state index < -0.39 is 4.92 Å². The summed E-state index contributed by atoms with van der Waals surface area (Å²) in [5, 5.41) is 23.2. The van der Waals surface area contributed by atoms with Gasteiger partial charge in [-0.25, -0.2) is 4.98 Å². The third kappa shape index (κ3) is 3.05. The molecular weight excluding hydrogens is 314 g/mol. The normalized spacial score (nSPS) is 10.5. The first kappa shape index (κ1) is 15.1. The number of rotatable bonds is 5. The third-order valence-corrected chi connectivity index (χ3v) is 4.04. The van der Waals surface area contributed by atoms with E-state index in [1.54, 1.807) is 23.2 Å². The molecule has 0 saturated carbocycles. The molecule has 23 heavy (non-hydrogen) atoms. The van der Waals surface area contributed by atoms with Crippen LogP contribution in [-0.4, -0.2) is 15.0 Å². The molecule has 0 fully saturated rings. The van der Waals surface area contributed by atoms with Gasteiger partial charge in [-0.3, -0.25) is 15.0 Å². The number of thiazole rings is 1. The Morgan fingerprint density at radius 1 is 1.22 bits per heavy atom. The van der Waals surface area contributed by atoms with Crippen molar-refractivity contribution in [1.29, 1.82) is 0 Å². The zero-order chi connectivity index (χ0) is 16.2. The molecule has 0 aliphatic carbocycles. The number of nitrogens with zero attached hydrogens (tertiary/aromatic N) is 3. The van der Waals surface area contributed by atoms with Crippen molar-refractivity contribution in [2.24, 2.45) is 0 Å². The van der Waals surface area contributed by atoms with Crippen LogP contribution in [0, 0.1) is 10.1 Å². The van der Waals surface area contributed by atoms with Crippen LogP contribution in [0.1, 0.15) is 5.56 Å². The molecule has 1 N–H and O–H groups in total. The second-order valence-electron chi connectivity index (χ2n) is 4.72. The van der Waals surface area contributed by atoms with Crippen LogP contribution >= 0.6 is 11.3 Å². The van der Waals surface area contributed by atoms with Gasteiger partial charge in [-0.2, -0.15) is 0 Å². The van der Waals surface area contributed by atoms with Crippen molar-refractivity contribution in [3.05, 3.63) is 75.8 Å². The number of hydrogen-bond acceptors (Lipinski definition) is 6. The van der Waals surface area contributed by atoms with E-state index >= 15 is 0 Å². The highest BCUT2D eigenvalue weighted by molar-refractivity contribution is 7.13. The van der Waals surface area contributed by atoms with Gasteiger partial charge in [0.25, 0.3) is 5.69 Å². The van der Waals surface area contributed by atoms with E-state index in [2.05, 4.69) is 4.98 Å². The highest BCUT2D eigenvalue weighted by Crippen LogP contribution is 2.40. The number of aromatic nitrogens is 1. The number of anilines is 3. The molecule has 116 valence electrons. The van der Waals surface area contributed by atoms with Gasteiger partial charge in [-0.05, 0) is 23.8 Å². The maximum atomic E-state index is 11.5. The van der Waals surface area contributed by atoms with Crippen molar-refractivity contribution >= 4 is 33.5 Å². The lowest BCUT2D eigenvalue weighted by Crippen LogP contribution is -2.11. The fraction of sp³-hybridized carbons (Fsp3) is 0.0625. The van der Waals surface area contributed by atoms with Crippen LogP contribution in [0.15, 0.2) is 60.1 Å². The van der Waals surface area contributed by atoms with Crippen molar-refractivity contribution in [3.63, 3.8) is 0 Å². The van der Waals surface area contributed by atoms with Gasteiger partial charge in [0.05, 0.1) is 11.5 Å². The Kier molecular flexibility index (Phi) is 4.31. The first-order valence-electron chi connectivity index (χ1n) is 6.83. The Morgan fingerprint density at radius 3 is 2.61 bits per heavy atom. The fourth-order valence-corrected chi connectivity index (χ4v) is 2.93. The predicted octanol–water partition coefficient (Wildman–Crippen LogP) is 4.01. The first-order valence-corrected chi connectivity index (χ1v) is 7.71. The van der Waals surface area contributed by atoms with E-state index in [1.807, 2.05) is 35.7 Å². The van der Waals surface area contributed by atoms with Crippen molar-refractivity contribution < 1.29 is 10.0 Å². The Balaban J connectivity index is 2.20. The van der Waals surface area contributed by atoms with E-state index in [1.165, 1.54) is 17.4 Å². The molecule has 0 atom stereocenters. The largest absolute Gasteiger partial charge is 0.392 e. The number of para-hydroxylation sites is 1. The number of nitro benzene ring substituents is 1. The minimum Gasteiger partial charge on any atom is -0.392 e. The molecule has 0 amide bonds. The lowest BCUT2D eigenvalue weighted by Gasteiger charge is -2.22. The molecule has 3 rings (SSSR count). The Labute approximate surface area is 136 Å². The monoisotopic (exact) mass is 327 g/mol. The first-order chi connectivity index (χ1) is 11.2. The summed E-state index contributed by atoms with van der Waals surface area (Å²) in [5.41, 5.74) is 1.61. The Hall–Kier alpha value is -2.77. The number of aliphatic hydroxyl groups is 1. The summed E-state index contributed by atoms with van der Waals surface area (Å²) >= 11 is 1.39. The lowest BCUT2D eigenvalue weighted by molar-refractivity contribution is -0.384. The quantitative estimate of drug-likeness (QED) is 0.565. The summed E-state index contributed by atoms with van der Waals surface area (Å²) in [7, 11) is 0. The number of aliphatic hydroxyl groups excluding tert-OH is 1. The van der Waals surface area contributed by atoms with Crippen LogP contribution in [-0.2, 0) is 6.61 Å². The van der Waals surface area contributed by atoms with Crippen LogP contribution in [0.25, 0.3) is 0 Å². The molecule has 6 nitrogen and oxygen atoms in total. The SMILES string of the molecule is O=[N+]([O-])c1cc(CO)ccc1N(c1ccccc1)c1nccs1. The highest BCUT2D eigenvalue weighted by atomic mass is 32.1. The number of nitro groups is 1. The second kappa shape index (κ2) is 6.55. The summed E-state index contributed by atoms with van der Waals surface area (Å²) in [6.45, 7) is -0.246. The zero-order valence-corrected chi connectivity index (χ0v) is 12.8. The number of benzene rings is 2. The summed E-state index contributed by atoms with van der Waals surface area (Å²) in [4.78, 5) is 17.1. The maximum absolute atomic E-state index is 11.5. The van der Waals surface area contributed by atoms with Crippen LogP contribution in [0.4, 0.5) is 22.2 Å². The predicted molar refractivity (Wildman–Crippen MR) is 89.4 cm³/mol. The molecule has 7 heteroatoms. The molecule has 0 unspecified atom stereocenters. The lowest BCUT2D eigenvalue weighted by atomic mass is 10.1. The van der Waals surface area contributed by atoms with Gasteiger partial charge >= 0.3 is 0 Å². The van der Waals surface area contributed by atoms with Gasteiger partial charge in [0, 0.05) is 23.3 Å². The molecular formula is C16H13N3O3S. The van der Waals surface area contributed by atoms with E-state index in [4.69, 9.17) is 0 Å². The third-order valence-electron chi connectivity index (χ3n) is 3.28. The van der Waals surface area contributed by atoms with E-state index in [9.17, 15) is 15.2 Å². The van der Waals surface area contributed by atoms with Gasteiger partial charge < -0.3 is 5.11 Å². The smallest absolute Gasteiger partial charge is 0.293 e. The molecule has 0 spiro atoms. The summed E-state index contributed by atoms with van der Waals surface area (Å²) < 4.78 is 0. The van der Waals surface area contributed by atoms with Crippen molar-refractivity contribution in [2.75, 3.05) is 4.90 Å². The van der Waals surface area contributed by atoms with Crippen LogP contribution in [0.5, 0.6) is 0 Å². The second-order valence-corrected chi connectivity index (χ2v) is 5.60. The summed E-state index contributed by atoms with van der Waals surface area (Å²) in [6.07, 6.45) is 1.66. The van der Waals surface area contributed by atoms with Gasteiger partial charge in [0.15, 0.2) is 5.13 Å². The minimum absolute atomic E-state index is 0.0735. The van der Waals surface area contributed by atoms with Crippen LogP contribution in [0.3, 0.4) is 0 Å². The number of hydrogen-bond donors (Lipinski definition) is 1. The summed E-state index contributed by atoms with van der Waals surface area (Å²) in [5.74, 6) is 0. The van der Waals surface area contributed by atoms with Crippen molar-refractivity contribution in [2.45, 2.75) is 6.61 Å². The minimum atomic E-state index is -0.446. The molecule has 1 heterocycles. The molecule has 1 aromatic heterocycles. The molecule has 0 saturated heterocycles. The molecule has 0 aliphatic rings. The zero-order valence-electron chi connectivity index (χ0n) is 12.0. The fourth-order valence-electron chi connectivity index (χ4n) is 2.26. The molecule has 3 aromatic rings. The van der Waals surface area contributed by atoms with E-state index in [0.717, 1.165) is 5.69 Å². The standard InChI is InChI=1S/C16H13N3O3S/c20-11-12-6-7-14(15(10-12)19(21)22)18(16-17-8-9-23-16)13-4-2-1-3-5-13/h1-10,20H,11H2. The Morgan fingerprint density at radius 2 is 2.00 bits per heavy atom. The van der Waals surface area contributed by atoms with Crippen LogP contribution < -0.4 is 4.90 Å². The molecule has 0 radical (unpaired) electrons. The highest BCUT2D eigenvalue weighted by Gasteiger charge is 2.24. The molecule has 0 bridgehead atoms. The Bertz CT molecular complexity index is 807. The summed E-state index contributed by atoms with van der Waals surface area (Å²) in [6, 6.07) is 14.0. The molecule has 0 aliphatic heterocycles. The average Bonchev–Trinajstić information content (AvgIpc) is 3.10. The van der Waals surface area contributed by atoms with E-state index in [-0.39, 0.29) is 12.3 Å². The topological polar surface area (TPSA) is 79.5 Å². The average molecular weight is 327 g/mol. The van der Waals surface area contributed by atoms with Gasteiger partial charge in [-0.1, -0.05) is 24.3 Å². The van der Waals surface area contributed by atoms with Crippen molar-refractivity contribution in [1.82, 2.24) is 4.98 Å². The maximum Gasteiger partial charge on any atom is 0.293 e. The molecule has 2 aromatic carbocycles. The van der Waals surface area contributed by atoms with E-state index in [0.29, 0.717) is 16.4 Å². The van der Waals surface area contributed by atoms with Gasteiger partial charge in [0.1, 0.15) is 5.69 Å². The van der Waals surface area contributed by atoms with Gasteiger partial charge in [-0.15, -0.1) is 11.3 Å².